The maximum absolute atomic E-state index is 3.94. The Balaban J connectivity index is -0.0000000311. The average molecular weight is 1880 g/mol. The van der Waals surface area contributed by atoms with Gasteiger partial charge in [0.1, 0.15) is 43.3 Å². The second-order valence-corrected chi connectivity index (χ2v) is 16.4. The maximum atomic E-state index is 3.94. The van der Waals surface area contributed by atoms with E-state index in [0.717, 1.165) is 96.6 Å². The Morgan fingerprint density at radius 1 is 0.342 bits per heavy atom. The van der Waals surface area contributed by atoms with E-state index < -0.39 is 0 Å². The fourth-order valence-corrected chi connectivity index (χ4v) is 4.45. The molecule has 4 aliphatic heterocycles. The largest absolute Gasteiger partial charge is 0.602 e. The third-order valence-electron chi connectivity index (χ3n) is 8.52. The predicted octanol–water partition coefficient (Wildman–Crippen LogP) is 26.4. The molecule has 28 nitrogen and oxygen atoms in total. The van der Waals surface area contributed by atoms with Crippen LogP contribution in [0.1, 0.15) is 327 Å². The van der Waals surface area contributed by atoms with Crippen LogP contribution in [0.15, 0.2) is 145 Å². The number of hydrazone groups is 1. The van der Waals surface area contributed by atoms with Crippen molar-refractivity contribution in [1.82, 2.24) is 106 Å². The first kappa shape index (κ1) is 186. The van der Waals surface area contributed by atoms with E-state index in [2.05, 4.69) is 144 Å². The molecule has 0 aliphatic carbocycles. The molecule has 0 saturated carbocycles. The van der Waals surface area contributed by atoms with Gasteiger partial charge < -0.3 is 36.6 Å². The molecule has 4 aliphatic rings. The normalized spacial score (nSPS) is 9.35. The SMILES string of the molecule is C.C.C.C.C.C.C.C.C.C.C.C.CC.CC.CC.CC.CC.CC.CC.CC.CC.CC.CC.CC1=N[N-]CC1.CC1=N[N-]CC1.CC1C=N[N-]C1.CN1CCC=N1.Cc1cccnn1.Cc1ccnnc1.Cc1cnccn1.Cc1cncnc1.Cc1cncnn1.Cc1cnncn1.Cc1nccnn1.Cc1ncncn1.[Y].[Y].[Y]. The molecule has 8 aromatic rings. The number of rotatable bonds is 0. The summed E-state index contributed by atoms with van der Waals surface area (Å²) in [5.41, 5.74) is 19.5. The molecular formula is C86H187N28Y3-3. The Hall–Kier alpha value is -6.45. The number of aryl methyl sites for hydroxylation is 8. The van der Waals surface area contributed by atoms with Crippen molar-refractivity contribution in [2.45, 2.75) is 337 Å². The second-order valence-electron chi connectivity index (χ2n) is 16.4. The van der Waals surface area contributed by atoms with E-state index in [1.54, 1.807) is 81.3 Å². The van der Waals surface area contributed by atoms with Crippen LogP contribution >= 0.6 is 0 Å². The summed E-state index contributed by atoms with van der Waals surface area (Å²) in [5.74, 6) is 2.06. The Morgan fingerprint density at radius 2 is 0.786 bits per heavy atom. The van der Waals surface area contributed by atoms with Gasteiger partial charge in [-0.2, -0.15) is 40.8 Å². The molecule has 31 heteroatoms. The van der Waals surface area contributed by atoms with Crippen LogP contribution in [0.2, 0.25) is 0 Å². The van der Waals surface area contributed by atoms with Gasteiger partial charge in [0.05, 0.1) is 47.6 Å². The summed E-state index contributed by atoms with van der Waals surface area (Å²) in [6.07, 6.45) is 34.4. The van der Waals surface area contributed by atoms with Gasteiger partial charge in [0.2, 0.25) is 0 Å². The van der Waals surface area contributed by atoms with Gasteiger partial charge in [0.25, 0.3) is 0 Å². The second kappa shape index (κ2) is 176. The molecule has 1 atom stereocenters. The zero-order valence-corrected chi connectivity index (χ0v) is 80.0. The van der Waals surface area contributed by atoms with Crippen LogP contribution in [0.3, 0.4) is 0 Å². The molecule has 0 aromatic carbocycles. The summed E-state index contributed by atoms with van der Waals surface area (Å²) < 4.78 is 0. The molecule has 0 bridgehead atoms. The van der Waals surface area contributed by atoms with Crippen molar-refractivity contribution in [3.63, 3.8) is 0 Å². The van der Waals surface area contributed by atoms with E-state index in [1.165, 1.54) is 31.6 Å². The Bertz CT molecular complexity index is 2280. The molecule has 0 saturated heterocycles. The van der Waals surface area contributed by atoms with E-state index in [-0.39, 0.29) is 187 Å². The van der Waals surface area contributed by atoms with Crippen LogP contribution in [0.25, 0.3) is 16.3 Å². The fraction of sp³-hybridized carbons (Fsp3) is 0.628. The van der Waals surface area contributed by atoms with Gasteiger partial charge >= 0.3 is 0 Å². The summed E-state index contributed by atoms with van der Waals surface area (Å²) >= 11 is 0. The Labute approximate surface area is 802 Å². The maximum Gasteiger partial charge on any atom is 0.147 e. The van der Waals surface area contributed by atoms with Gasteiger partial charge in [-0.15, -0.1) is 34.9 Å². The quantitative estimate of drug-likeness (QED) is 0.136. The minimum atomic E-state index is 0. The van der Waals surface area contributed by atoms with Crippen LogP contribution in [0.5, 0.6) is 0 Å². The first-order chi connectivity index (χ1) is 49.7. The molecule has 3 radical (unpaired) electrons. The molecule has 117 heavy (non-hydrogen) atoms. The van der Waals surface area contributed by atoms with Crippen LogP contribution in [-0.4, -0.2) is 163 Å². The van der Waals surface area contributed by atoms with Gasteiger partial charge in [-0.3, -0.25) is 9.97 Å². The molecule has 683 valence electrons. The van der Waals surface area contributed by atoms with Gasteiger partial charge in [0.15, 0.2) is 0 Å². The third kappa shape index (κ3) is 173. The predicted molar refractivity (Wildman–Crippen MR) is 514 cm³/mol. The first-order valence-electron chi connectivity index (χ1n) is 35.9. The number of nitrogens with zero attached hydrogens (tertiary/aromatic N) is 28. The third-order valence-corrected chi connectivity index (χ3v) is 8.52. The first-order valence-corrected chi connectivity index (χ1v) is 35.9. The number of aromatic nitrogens is 20. The molecule has 12 rings (SSSR count). The standard InChI is InChI=1S/4C5H6N2.4C4H5N3.C4H7N2.C4H8N2.2C4H7N2.11C2H6.12CH4.3Y/c1-5-2-6-4-7-3-5;1-5-4-6-2-3-7-5;1-5-2-3-6-7-4-5;1-5-3-2-4-6-7-5;1-4-6-2-5-3-7-4;1-4-2-6-7-3-5-4;1-4-2-5-3-6-7-4;1-4-5-2-3-6-7-4;1-4-2-5-6-3-4;1-6-4-2-3-5-6;2*1-4-2-3-5-6-4;11*1-2;;;;;;;;;;;;;;;/h4*2-4H,1H3;4*2-3H,1H3;2,4H,3H2,1H3;3H,2,4H2,1H3;2*2-3H2,1H3;11*1-2H3;12*1H4;;;/q;;;;;;;;-1;;2*-1;;;;;;;;;;;;;;;;;;;;;;;;;;. The molecule has 0 amide bonds. The van der Waals surface area contributed by atoms with Crippen molar-refractivity contribution in [1.29, 1.82) is 0 Å². The van der Waals surface area contributed by atoms with E-state index in [9.17, 15) is 0 Å². The van der Waals surface area contributed by atoms with Crippen LogP contribution in [0.4, 0.5) is 0 Å². The van der Waals surface area contributed by atoms with Gasteiger partial charge in [-0.25, -0.2) is 39.9 Å². The van der Waals surface area contributed by atoms with Crippen LogP contribution in [-0.2, 0) is 98.1 Å². The Kier molecular flexibility index (Phi) is 280. The smallest absolute Gasteiger partial charge is 0.147 e. The van der Waals surface area contributed by atoms with Crippen molar-refractivity contribution in [2.75, 3.05) is 33.2 Å². The number of hydrogen-bond donors (Lipinski definition) is 0. The van der Waals surface area contributed by atoms with Crippen molar-refractivity contribution in [2.24, 2.45) is 26.3 Å². The van der Waals surface area contributed by atoms with Crippen molar-refractivity contribution >= 4 is 23.9 Å². The van der Waals surface area contributed by atoms with E-state index in [4.69, 9.17) is 0 Å². The molecule has 0 fully saturated rings. The van der Waals surface area contributed by atoms with Crippen molar-refractivity contribution < 1.29 is 98.1 Å². The van der Waals surface area contributed by atoms with Crippen LogP contribution < -0.4 is 0 Å². The summed E-state index contributed by atoms with van der Waals surface area (Å²) in [7, 11) is 1.98. The zero-order valence-electron chi connectivity index (χ0n) is 71.5. The van der Waals surface area contributed by atoms with Gasteiger partial charge in [0, 0.05) is 174 Å². The minimum absolute atomic E-state index is 0. The summed E-state index contributed by atoms with van der Waals surface area (Å²) in [6, 6.07) is 5.68. The minimum Gasteiger partial charge on any atom is -0.602 e. The Morgan fingerprint density at radius 3 is 0.949 bits per heavy atom. The zero-order chi connectivity index (χ0) is 80.5. The van der Waals surface area contributed by atoms with E-state index in [0.29, 0.717) is 11.7 Å². The average Bonchev–Trinajstić information content (AvgIpc) is 1.92. The molecule has 0 spiro atoms. The number of hydrogen-bond acceptors (Lipinski definition) is 25. The summed E-state index contributed by atoms with van der Waals surface area (Å²) in [5, 5.41) is 53.1. The fourth-order valence-electron chi connectivity index (χ4n) is 4.45. The summed E-state index contributed by atoms with van der Waals surface area (Å²) in [6.45, 7) is 69.0. The molecular weight excluding hydrogens is 1690 g/mol. The van der Waals surface area contributed by atoms with Crippen molar-refractivity contribution in [3.8, 4) is 0 Å². The topological polar surface area (TPSA) is 353 Å². The van der Waals surface area contributed by atoms with E-state index >= 15 is 0 Å². The molecule has 0 N–H and O–H groups in total. The van der Waals surface area contributed by atoms with Gasteiger partial charge in [-0.1, -0.05) is 248 Å². The van der Waals surface area contributed by atoms with Crippen molar-refractivity contribution in [3.05, 3.63) is 186 Å². The molecule has 12 heterocycles. The monoisotopic (exact) mass is 1880 g/mol. The van der Waals surface area contributed by atoms with Crippen LogP contribution in [0, 0.1) is 61.3 Å². The summed E-state index contributed by atoms with van der Waals surface area (Å²) in [4.78, 5) is 37.7. The van der Waals surface area contributed by atoms with E-state index in [1.807, 2.05) is 257 Å². The molecule has 1 unspecified atom stereocenters. The molecule has 8 aromatic heterocycles. The van der Waals surface area contributed by atoms with Gasteiger partial charge in [-0.05, 0) is 135 Å².